The normalized spacial score (nSPS) is 10.5. The summed E-state index contributed by atoms with van der Waals surface area (Å²) in [5.41, 5.74) is 11.4. The summed E-state index contributed by atoms with van der Waals surface area (Å²) in [6, 6.07) is 18.7. The summed E-state index contributed by atoms with van der Waals surface area (Å²) in [6.45, 7) is 0. The largest absolute Gasteiger partial charge is 0.375 e. The first-order valence-corrected chi connectivity index (χ1v) is 6.38. The predicted octanol–water partition coefficient (Wildman–Crippen LogP) is 2.72. The number of nitrogens with two attached hydrogens (primary N) is 1. The van der Waals surface area contributed by atoms with Crippen molar-refractivity contribution in [1.82, 2.24) is 5.43 Å². The van der Waals surface area contributed by atoms with E-state index in [0.29, 0.717) is 0 Å². The van der Waals surface area contributed by atoms with Crippen molar-refractivity contribution >= 4 is 23.5 Å². The van der Waals surface area contributed by atoms with Gasteiger partial charge in [-0.25, -0.2) is 0 Å². The molecule has 2 rings (SSSR count). The molecular weight excluding hydrogens is 254 g/mol. The minimum absolute atomic E-state index is 0.177. The second-order valence-electron chi connectivity index (χ2n) is 4.05. The lowest BCUT2D eigenvalue weighted by atomic mass is 10.0. The lowest BCUT2D eigenvalue weighted by Crippen LogP contribution is -2.24. The zero-order chi connectivity index (χ0) is 13.5. The Morgan fingerprint density at radius 1 is 1.05 bits per heavy atom. The van der Waals surface area contributed by atoms with E-state index in [4.69, 9.17) is 5.73 Å². The van der Waals surface area contributed by atoms with E-state index in [1.54, 1.807) is 6.21 Å². The summed E-state index contributed by atoms with van der Waals surface area (Å²) in [4.78, 5) is 0. The fourth-order valence-corrected chi connectivity index (χ4v) is 1.78. The molecule has 0 atom stereocenters. The van der Waals surface area contributed by atoms with Crippen LogP contribution in [0, 0.1) is 0 Å². The van der Waals surface area contributed by atoms with Crippen molar-refractivity contribution in [3.63, 3.8) is 0 Å². The third-order valence-corrected chi connectivity index (χ3v) is 2.75. The zero-order valence-electron chi connectivity index (χ0n) is 10.4. The van der Waals surface area contributed by atoms with Crippen molar-refractivity contribution in [2.75, 3.05) is 0 Å². The Balaban J connectivity index is 1.99. The van der Waals surface area contributed by atoms with Gasteiger partial charge in [-0.2, -0.15) is 5.10 Å². The smallest absolute Gasteiger partial charge is 0.184 e. The molecule has 0 saturated heterocycles. The number of hydrogen-bond donors (Lipinski definition) is 2. The van der Waals surface area contributed by atoms with Crippen molar-refractivity contribution in [2.45, 2.75) is 6.42 Å². The topological polar surface area (TPSA) is 50.4 Å². The number of nitrogens with zero attached hydrogens (tertiary/aromatic N) is 1. The van der Waals surface area contributed by atoms with Gasteiger partial charge in [0.25, 0.3) is 0 Å². The maximum Gasteiger partial charge on any atom is 0.184 e. The quantitative estimate of drug-likeness (QED) is 0.510. The molecule has 0 heterocycles. The highest BCUT2D eigenvalue weighted by Gasteiger charge is 1.96. The number of nitrogens with one attached hydrogen (secondary N) is 1. The van der Waals surface area contributed by atoms with E-state index in [1.165, 1.54) is 16.7 Å². The zero-order valence-corrected chi connectivity index (χ0v) is 11.2. The van der Waals surface area contributed by atoms with Gasteiger partial charge in [-0.1, -0.05) is 54.6 Å². The first-order valence-electron chi connectivity index (χ1n) is 5.97. The van der Waals surface area contributed by atoms with Crippen molar-refractivity contribution in [2.24, 2.45) is 10.8 Å². The molecule has 0 saturated carbocycles. The highest BCUT2D eigenvalue weighted by atomic mass is 32.1. The van der Waals surface area contributed by atoms with Gasteiger partial charge in [-0.05, 0) is 28.9 Å². The second-order valence-corrected chi connectivity index (χ2v) is 4.49. The molecule has 0 aliphatic carbocycles. The van der Waals surface area contributed by atoms with E-state index in [0.717, 1.165) is 6.42 Å². The summed E-state index contributed by atoms with van der Waals surface area (Å²) in [6.07, 6.45) is 2.49. The van der Waals surface area contributed by atoms with Gasteiger partial charge in [0.15, 0.2) is 5.11 Å². The van der Waals surface area contributed by atoms with Crippen molar-refractivity contribution < 1.29 is 0 Å². The van der Waals surface area contributed by atoms with E-state index >= 15 is 0 Å². The molecule has 0 spiro atoms. The molecule has 3 nitrogen and oxygen atoms in total. The summed E-state index contributed by atoms with van der Waals surface area (Å²) < 4.78 is 0. The van der Waals surface area contributed by atoms with Crippen molar-refractivity contribution in [3.8, 4) is 11.1 Å². The molecule has 2 aromatic rings. The standard InChI is InChI=1S/C15H15N3S/c16-15(19)18-17-11-10-12-6-8-14(9-7-12)13-4-2-1-3-5-13/h1-9,11H,10H2,(H3,16,18,19). The Morgan fingerprint density at radius 3 is 2.32 bits per heavy atom. The summed E-state index contributed by atoms with van der Waals surface area (Å²) >= 11 is 4.65. The average Bonchev–Trinajstić information content (AvgIpc) is 2.45. The average molecular weight is 269 g/mol. The SMILES string of the molecule is NC(=S)NN=CCc1ccc(-c2ccccc2)cc1. The maximum atomic E-state index is 5.26. The van der Waals surface area contributed by atoms with Crippen LogP contribution >= 0.6 is 12.2 Å². The Bertz CT molecular complexity index is 562. The lowest BCUT2D eigenvalue weighted by Gasteiger charge is -2.02. The van der Waals surface area contributed by atoms with Crippen molar-refractivity contribution in [1.29, 1.82) is 0 Å². The van der Waals surface area contributed by atoms with Gasteiger partial charge in [0.2, 0.25) is 0 Å². The fourth-order valence-electron chi connectivity index (χ4n) is 1.72. The summed E-state index contributed by atoms with van der Waals surface area (Å²) in [5, 5.41) is 4.08. The molecule has 0 aliphatic heterocycles. The highest BCUT2D eigenvalue weighted by molar-refractivity contribution is 7.80. The van der Waals surface area contributed by atoms with Crippen LogP contribution in [0.25, 0.3) is 11.1 Å². The second kappa shape index (κ2) is 6.66. The van der Waals surface area contributed by atoms with Gasteiger partial charge in [-0.3, -0.25) is 5.43 Å². The molecule has 4 heteroatoms. The Hall–Kier alpha value is -2.20. The molecule has 0 fully saturated rings. The van der Waals surface area contributed by atoms with Gasteiger partial charge < -0.3 is 5.73 Å². The van der Waals surface area contributed by atoms with Crippen LogP contribution in [0.5, 0.6) is 0 Å². The molecule has 96 valence electrons. The Morgan fingerprint density at radius 2 is 1.68 bits per heavy atom. The number of thiocarbonyl (C=S) groups is 1. The molecule has 0 unspecified atom stereocenters. The molecule has 0 radical (unpaired) electrons. The molecule has 0 aromatic heterocycles. The van der Waals surface area contributed by atoms with Crippen LogP contribution in [0.15, 0.2) is 59.7 Å². The van der Waals surface area contributed by atoms with Crippen LogP contribution in [0.1, 0.15) is 5.56 Å². The molecule has 19 heavy (non-hydrogen) atoms. The third kappa shape index (κ3) is 4.19. The van der Waals surface area contributed by atoms with Gasteiger partial charge in [0.05, 0.1) is 0 Å². The minimum atomic E-state index is 0.177. The van der Waals surface area contributed by atoms with E-state index in [2.05, 4.69) is 59.1 Å². The van der Waals surface area contributed by atoms with E-state index in [-0.39, 0.29) is 5.11 Å². The van der Waals surface area contributed by atoms with E-state index < -0.39 is 0 Å². The molecule has 0 bridgehead atoms. The summed E-state index contributed by atoms with van der Waals surface area (Å²) in [5.74, 6) is 0. The van der Waals surface area contributed by atoms with Gasteiger partial charge in [-0.15, -0.1) is 0 Å². The van der Waals surface area contributed by atoms with Crippen LogP contribution in [0.2, 0.25) is 0 Å². The maximum absolute atomic E-state index is 5.26. The molecule has 0 amide bonds. The van der Waals surface area contributed by atoms with Crippen molar-refractivity contribution in [3.05, 3.63) is 60.2 Å². The molecular formula is C15H15N3S. The number of benzene rings is 2. The molecule has 2 aromatic carbocycles. The van der Waals surface area contributed by atoms with Crippen LogP contribution in [-0.4, -0.2) is 11.3 Å². The molecule has 0 aliphatic rings. The van der Waals surface area contributed by atoms with Crippen LogP contribution in [0.3, 0.4) is 0 Å². The highest BCUT2D eigenvalue weighted by Crippen LogP contribution is 2.19. The van der Waals surface area contributed by atoms with Gasteiger partial charge in [0, 0.05) is 12.6 Å². The van der Waals surface area contributed by atoms with E-state index in [9.17, 15) is 0 Å². The monoisotopic (exact) mass is 269 g/mol. The Kier molecular flexibility index (Phi) is 4.64. The van der Waals surface area contributed by atoms with Gasteiger partial charge in [0.1, 0.15) is 0 Å². The number of rotatable bonds is 4. The van der Waals surface area contributed by atoms with Gasteiger partial charge >= 0.3 is 0 Å². The van der Waals surface area contributed by atoms with Crippen LogP contribution in [-0.2, 0) is 6.42 Å². The molecule has 3 N–H and O–H groups in total. The first-order chi connectivity index (χ1) is 9.25. The number of hydrogen-bond acceptors (Lipinski definition) is 2. The lowest BCUT2D eigenvalue weighted by molar-refractivity contribution is 1.03. The minimum Gasteiger partial charge on any atom is -0.375 e. The van der Waals surface area contributed by atoms with Crippen LogP contribution < -0.4 is 11.2 Å². The Labute approximate surface area is 118 Å². The predicted molar refractivity (Wildman–Crippen MR) is 84.0 cm³/mol. The first kappa shape index (κ1) is 13.2. The third-order valence-electron chi connectivity index (χ3n) is 2.65. The van der Waals surface area contributed by atoms with E-state index in [1.807, 2.05) is 18.2 Å². The van der Waals surface area contributed by atoms with Crippen LogP contribution in [0.4, 0.5) is 0 Å². The fraction of sp³-hybridized carbons (Fsp3) is 0.0667. The summed E-state index contributed by atoms with van der Waals surface area (Å²) in [7, 11) is 0. The number of hydrazone groups is 1.